The fourth-order valence-electron chi connectivity index (χ4n) is 2.74. The molecule has 1 heterocycles. The fourth-order valence-corrected chi connectivity index (χ4v) is 3.55. The number of amides is 1. The molecule has 7 heteroatoms. The molecule has 0 radical (unpaired) electrons. The number of rotatable bonds is 4. The van der Waals surface area contributed by atoms with Crippen molar-refractivity contribution < 1.29 is 14.1 Å². The van der Waals surface area contributed by atoms with Crippen LogP contribution in [0.3, 0.4) is 0 Å². The van der Waals surface area contributed by atoms with Gasteiger partial charge in [0.1, 0.15) is 5.82 Å². The topological polar surface area (TPSA) is 63.5 Å². The van der Waals surface area contributed by atoms with Crippen LogP contribution < -0.4 is 4.90 Å². The summed E-state index contributed by atoms with van der Waals surface area (Å²) in [6.45, 7) is 0.571. The molecule has 0 fully saturated rings. The van der Waals surface area contributed by atoms with E-state index >= 15 is 0 Å². The van der Waals surface area contributed by atoms with E-state index in [0.717, 1.165) is 23.7 Å². The molecule has 0 bridgehead atoms. The number of anilines is 1. The van der Waals surface area contributed by atoms with Crippen LogP contribution in [0.4, 0.5) is 15.8 Å². The molecule has 24 heavy (non-hydrogen) atoms. The second-order valence-electron chi connectivity index (χ2n) is 5.44. The third-order valence-corrected chi connectivity index (χ3v) is 4.91. The number of hydrogen-bond acceptors (Lipinski definition) is 4. The summed E-state index contributed by atoms with van der Waals surface area (Å²) in [5.74, 6) is -0.347. The number of fused-ring (bicyclic) bond motifs is 1. The number of thioether (sulfide) groups is 1. The van der Waals surface area contributed by atoms with Crippen LogP contribution in [0, 0.1) is 15.9 Å². The zero-order chi connectivity index (χ0) is 17.1. The SMILES string of the molecule is O=C(CSc1ccccc1F)N1CCCc2cc([N+](=O)[O-])ccc21. The van der Waals surface area contributed by atoms with Crippen molar-refractivity contribution in [1.29, 1.82) is 0 Å². The van der Waals surface area contributed by atoms with E-state index in [9.17, 15) is 19.3 Å². The van der Waals surface area contributed by atoms with Crippen LogP contribution in [-0.2, 0) is 11.2 Å². The van der Waals surface area contributed by atoms with E-state index in [1.54, 1.807) is 29.2 Å². The molecule has 0 saturated heterocycles. The Hall–Kier alpha value is -2.41. The highest BCUT2D eigenvalue weighted by Gasteiger charge is 2.24. The van der Waals surface area contributed by atoms with E-state index in [1.807, 2.05) is 0 Å². The smallest absolute Gasteiger partial charge is 0.269 e. The molecule has 1 amide bonds. The van der Waals surface area contributed by atoms with Gasteiger partial charge in [-0.05, 0) is 36.6 Å². The van der Waals surface area contributed by atoms with Crippen LogP contribution in [0.5, 0.6) is 0 Å². The molecule has 0 spiro atoms. The maximum absolute atomic E-state index is 13.6. The van der Waals surface area contributed by atoms with Gasteiger partial charge in [0.05, 0.1) is 10.7 Å². The summed E-state index contributed by atoms with van der Waals surface area (Å²) >= 11 is 1.16. The Morgan fingerprint density at radius 2 is 2.08 bits per heavy atom. The summed E-state index contributed by atoms with van der Waals surface area (Å²) in [5, 5.41) is 10.9. The molecule has 1 aliphatic rings. The number of carbonyl (C=O) groups is 1. The van der Waals surface area contributed by atoms with Crippen molar-refractivity contribution in [2.75, 3.05) is 17.2 Å². The molecule has 0 unspecified atom stereocenters. The number of aryl methyl sites for hydroxylation is 1. The molecule has 2 aromatic rings. The van der Waals surface area contributed by atoms with E-state index < -0.39 is 4.92 Å². The lowest BCUT2D eigenvalue weighted by Crippen LogP contribution is -2.36. The quantitative estimate of drug-likeness (QED) is 0.480. The largest absolute Gasteiger partial charge is 0.311 e. The molecular weight excluding hydrogens is 331 g/mol. The van der Waals surface area contributed by atoms with Gasteiger partial charge in [-0.25, -0.2) is 4.39 Å². The second-order valence-corrected chi connectivity index (χ2v) is 6.46. The highest BCUT2D eigenvalue weighted by Crippen LogP contribution is 2.31. The minimum atomic E-state index is -0.435. The summed E-state index contributed by atoms with van der Waals surface area (Å²) in [7, 11) is 0. The average Bonchev–Trinajstić information content (AvgIpc) is 2.59. The van der Waals surface area contributed by atoms with Crippen LogP contribution in [0.1, 0.15) is 12.0 Å². The number of nitro groups is 1. The van der Waals surface area contributed by atoms with Crippen LogP contribution in [-0.4, -0.2) is 23.1 Å². The van der Waals surface area contributed by atoms with Crippen molar-refractivity contribution in [1.82, 2.24) is 0 Å². The maximum atomic E-state index is 13.6. The molecular formula is C17H15FN2O3S. The van der Waals surface area contributed by atoms with Crippen molar-refractivity contribution in [3.8, 4) is 0 Å². The molecule has 124 valence electrons. The Labute approximate surface area is 142 Å². The summed E-state index contributed by atoms with van der Waals surface area (Å²) in [4.78, 5) is 25.0. The maximum Gasteiger partial charge on any atom is 0.269 e. The van der Waals surface area contributed by atoms with Gasteiger partial charge in [-0.15, -0.1) is 11.8 Å². The van der Waals surface area contributed by atoms with E-state index in [0.29, 0.717) is 23.5 Å². The standard InChI is InChI=1S/C17H15FN2O3S/c18-14-5-1-2-6-16(14)24-11-17(21)19-9-3-4-12-10-13(20(22)23)7-8-15(12)19/h1-2,5-8,10H,3-4,9,11H2. The zero-order valence-corrected chi connectivity index (χ0v) is 13.6. The Kier molecular flexibility index (Phi) is 4.80. The summed E-state index contributed by atoms with van der Waals surface area (Å²) in [6, 6.07) is 10.9. The zero-order valence-electron chi connectivity index (χ0n) is 12.8. The lowest BCUT2D eigenvalue weighted by molar-refractivity contribution is -0.384. The van der Waals surface area contributed by atoms with Crippen LogP contribution >= 0.6 is 11.8 Å². The molecule has 0 atom stereocenters. The third kappa shape index (κ3) is 3.41. The Morgan fingerprint density at radius 1 is 1.29 bits per heavy atom. The molecule has 3 rings (SSSR count). The highest BCUT2D eigenvalue weighted by atomic mass is 32.2. The molecule has 5 nitrogen and oxygen atoms in total. The number of nitro benzene ring substituents is 1. The monoisotopic (exact) mass is 346 g/mol. The lowest BCUT2D eigenvalue weighted by atomic mass is 10.0. The van der Waals surface area contributed by atoms with Crippen molar-refractivity contribution >= 4 is 29.0 Å². The van der Waals surface area contributed by atoms with Gasteiger partial charge < -0.3 is 4.90 Å². The predicted molar refractivity (Wildman–Crippen MR) is 90.9 cm³/mol. The first-order valence-electron chi connectivity index (χ1n) is 7.51. The Bertz CT molecular complexity index is 797. The number of non-ortho nitro benzene ring substituents is 1. The third-order valence-electron chi connectivity index (χ3n) is 3.88. The van der Waals surface area contributed by atoms with Gasteiger partial charge >= 0.3 is 0 Å². The van der Waals surface area contributed by atoms with Crippen LogP contribution in [0.25, 0.3) is 0 Å². The van der Waals surface area contributed by atoms with Gasteiger partial charge in [0.15, 0.2) is 0 Å². The van der Waals surface area contributed by atoms with E-state index in [-0.39, 0.29) is 23.2 Å². The number of hydrogen-bond donors (Lipinski definition) is 0. The predicted octanol–water partition coefficient (Wildman–Crippen LogP) is 3.81. The van der Waals surface area contributed by atoms with E-state index in [4.69, 9.17) is 0 Å². The first kappa shape index (κ1) is 16.4. The van der Waals surface area contributed by atoms with Gasteiger partial charge in [0.25, 0.3) is 5.69 Å². The molecule has 0 saturated carbocycles. The van der Waals surface area contributed by atoms with Gasteiger partial charge in [-0.1, -0.05) is 12.1 Å². The van der Waals surface area contributed by atoms with Gasteiger partial charge in [0, 0.05) is 29.3 Å². The van der Waals surface area contributed by atoms with Crippen LogP contribution in [0.2, 0.25) is 0 Å². The minimum absolute atomic E-state index is 0.0313. The molecule has 2 aromatic carbocycles. The summed E-state index contributed by atoms with van der Waals surface area (Å²) in [6.07, 6.45) is 1.46. The van der Waals surface area contributed by atoms with Crippen molar-refractivity contribution in [2.24, 2.45) is 0 Å². The number of nitrogens with zero attached hydrogens (tertiary/aromatic N) is 2. The van der Waals surface area contributed by atoms with Crippen molar-refractivity contribution in [3.05, 3.63) is 64.0 Å². The minimum Gasteiger partial charge on any atom is -0.311 e. The highest BCUT2D eigenvalue weighted by molar-refractivity contribution is 8.00. The van der Waals surface area contributed by atoms with Crippen LogP contribution in [0.15, 0.2) is 47.4 Å². The van der Waals surface area contributed by atoms with Crippen molar-refractivity contribution in [3.63, 3.8) is 0 Å². The van der Waals surface area contributed by atoms with E-state index in [2.05, 4.69) is 0 Å². The summed E-state index contributed by atoms with van der Waals surface area (Å²) in [5.41, 5.74) is 1.55. The second kappa shape index (κ2) is 7.00. The number of benzene rings is 2. The fraction of sp³-hybridized carbons (Fsp3) is 0.235. The molecule has 1 aliphatic heterocycles. The van der Waals surface area contributed by atoms with Crippen molar-refractivity contribution in [2.45, 2.75) is 17.7 Å². The first-order valence-corrected chi connectivity index (χ1v) is 8.50. The molecule has 0 aliphatic carbocycles. The van der Waals surface area contributed by atoms with Gasteiger partial charge in [-0.3, -0.25) is 14.9 Å². The van der Waals surface area contributed by atoms with Gasteiger partial charge in [-0.2, -0.15) is 0 Å². The lowest BCUT2D eigenvalue weighted by Gasteiger charge is -2.29. The average molecular weight is 346 g/mol. The molecule has 0 aromatic heterocycles. The number of halogens is 1. The molecule has 0 N–H and O–H groups in total. The number of carbonyl (C=O) groups excluding carboxylic acids is 1. The Balaban J connectivity index is 1.75. The Morgan fingerprint density at radius 3 is 2.83 bits per heavy atom. The van der Waals surface area contributed by atoms with E-state index in [1.165, 1.54) is 18.2 Å². The normalized spacial score (nSPS) is 13.5. The summed E-state index contributed by atoms with van der Waals surface area (Å²) < 4.78 is 13.6. The first-order chi connectivity index (χ1) is 11.6. The van der Waals surface area contributed by atoms with Gasteiger partial charge in [0.2, 0.25) is 5.91 Å².